The Balaban J connectivity index is 1.26. The Kier molecular flexibility index (Phi) is 9.28. The van der Waals surface area contributed by atoms with E-state index >= 15 is 0 Å². The van der Waals surface area contributed by atoms with Crippen LogP contribution in [0.25, 0.3) is 10.2 Å². The van der Waals surface area contributed by atoms with Crippen molar-refractivity contribution in [2.24, 2.45) is 0 Å². The lowest BCUT2D eigenvalue weighted by molar-refractivity contribution is 0.138. The van der Waals surface area contributed by atoms with Gasteiger partial charge < -0.3 is 20.1 Å². The first-order valence-electron chi connectivity index (χ1n) is 10.8. The van der Waals surface area contributed by atoms with Gasteiger partial charge in [-0.2, -0.15) is 0 Å². The van der Waals surface area contributed by atoms with E-state index in [0.29, 0.717) is 51.1 Å². The molecule has 3 N–H and O–H groups in total. The average Bonchev–Trinajstić information content (AvgIpc) is 3.18. The second-order valence-corrected chi connectivity index (χ2v) is 11.0. The number of phenols is 1. The van der Waals surface area contributed by atoms with E-state index in [1.54, 1.807) is 6.07 Å². The zero-order valence-corrected chi connectivity index (χ0v) is 19.6. The van der Waals surface area contributed by atoms with Crippen molar-refractivity contribution >= 4 is 31.4 Å². The highest BCUT2D eigenvalue weighted by Gasteiger charge is 2.11. The molecule has 0 unspecified atom stereocenters. The largest absolute Gasteiger partial charge is 0.506 e. The second kappa shape index (κ2) is 12.2. The van der Waals surface area contributed by atoms with Crippen molar-refractivity contribution in [2.75, 3.05) is 37.8 Å². The summed E-state index contributed by atoms with van der Waals surface area (Å²) in [6.07, 6.45) is 2.59. The number of phenolic OH excluding ortho intramolecular Hbond substituents is 1. The fraction of sp³-hybridized carbons (Fsp3) is 0.435. The summed E-state index contributed by atoms with van der Waals surface area (Å²) in [5.41, 5.74) is 2.67. The van der Waals surface area contributed by atoms with Crippen LogP contribution in [0.2, 0.25) is 0 Å². The smallest absolute Gasteiger partial charge is 0.305 e. The molecule has 0 atom stereocenters. The van der Waals surface area contributed by atoms with Gasteiger partial charge in [0, 0.05) is 6.61 Å². The minimum atomic E-state index is -3.08. The van der Waals surface area contributed by atoms with E-state index in [9.17, 15) is 18.3 Å². The van der Waals surface area contributed by atoms with Crippen LogP contribution in [0.15, 0.2) is 47.3 Å². The molecule has 0 fully saturated rings. The van der Waals surface area contributed by atoms with Crippen molar-refractivity contribution < 1.29 is 18.3 Å². The van der Waals surface area contributed by atoms with Crippen LogP contribution in [0.5, 0.6) is 5.75 Å². The van der Waals surface area contributed by atoms with Gasteiger partial charge in [0.1, 0.15) is 21.1 Å². The predicted octanol–water partition coefficient (Wildman–Crippen LogP) is 2.88. The van der Waals surface area contributed by atoms with Gasteiger partial charge in [0.15, 0.2) is 0 Å². The molecule has 1 heterocycles. The standard InChI is InChI=1S/C23H30N2O5S2/c26-20-9-8-19(22-21(20)25-23(27)31-22)10-13-24-12-4-16-32(28,29)17-5-14-30-15-11-18-6-2-1-3-7-18/h1-3,6-9,24,26H,4-5,10-17H2,(H,25,27). The molecule has 3 rings (SSSR count). The Hall–Kier alpha value is -2.20. The van der Waals surface area contributed by atoms with Crippen LogP contribution < -0.4 is 10.2 Å². The van der Waals surface area contributed by atoms with Gasteiger partial charge in [-0.1, -0.05) is 47.7 Å². The van der Waals surface area contributed by atoms with Crippen molar-refractivity contribution in [2.45, 2.75) is 25.7 Å². The second-order valence-electron chi connectivity index (χ2n) is 7.67. The number of fused-ring (bicyclic) bond motifs is 1. The van der Waals surface area contributed by atoms with Crippen LogP contribution in [0, 0.1) is 0 Å². The Morgan fingerprint density at radius 3 is 2.56 bits per heavy atom. The zero-order chi connectivity index (χ0) is 22.8. The highest BCUT2D eigenvalue weighted by molar-refractivity contribution is 7.91. The fourth-order valence-electron chi connectivity index (χ4n) is 3.45. The first-order chi connectivity index (χ1) is 15.4. The van der Waals surface area contributed by atoms with Crippen LogP contribution >= 0.6 is 11.3 Å². The molecular formula is C23H30N2O5S2. The lowest BCUT2D eigenvalue weighted by atomic mass is 10.1. The Morgan fingerprint density at radius 1 is 0.969 bits per heavy atom. The van der Waals surface area contributed by atoms with Crippen LogP contribution in [-0.4, -0.2) is 56.3 Å². The number of aromatic amines is 1. The van der Waals surface area contributed by atoms with Gasteiger partial charge >= 0.3 is 4.87 Å². The van der Waals surface area contributed by atoms with Crippen molar-refractivity contribution in [3.05, 3.63) is 63.3 Å². The Bertz CT molecular complexity index is 1140. The summed E-state index contributed by atoms with van der Waals surface area (Å²) < 4.78 is 30.7. The number of rotatable bonds is 14. The quantitative estimate of drug-likeness (QED) is 0.308. The highest BCUT2D eigenvalue weighted by atomic mass is 32.2. The number of hydrogen-bond acceptors (Lipinski definition) is 7. The molecule has 32 heavy (non-hydrogen) atoms. The molecule has 0 aliphatic heterocycles. The highest BCUT2D eigenvalue weighted by Crippen LogP contribution is 2.27. The molecule has 0 bridgehead atoms. The summed E-state index contributed by atoms with van der Waals surface area (Å²) in [4.78, 5) is 14.0. The number of sulfone groups is 1. The van der Waals surface area contributed by atoms with Gasteiger partial charge in [0.25, 0.3) is 0 Å². The minimum absolute atomic E-state index is 0.0712. The summed E-state index contributed by atoms with van der Waals surface area (Å²) in [6.45, 7) is 2.33. The SMILES string of the molecule is O=c1[nH]c2c(O)ccc(CCNCCCS(=O)(=O)CCCOCCc3ccccc3)c2s1. The van der Waals surface area contributed by atoms with Gasteiger partial charge in [0.2, 0.25) is 0 Å². The minimum Gasteiger partial charge on any atom is -0.506 e. The maximum Gasteiger partial charge on any atom is 0.305 e. The average molecular weight is 479 g/mol. The van der Waals surface area contributed by atoms with Gasteiger partial charge in [-0.05, 0) is 56.0 Å². The normalized spacial score (nSPS) is 11.9. The number of ether oxygens (including phenoxy) is 1. The molecule has 2 aromatic carbocycles. The molecule has 0 aliphatic carbocycles. The topological polar surface area (TPSA) is 108 Å². The van der Waals surface area contributed by atoms with Crippen molar-refractivity contribution in [3.8, 4) is 5.75 Å². The summed E-state index contributed by atoms with van der Waals surface area (Å²) >= 11 is 1.09. The third-order valence-electron chi connectivity index (χ3n) is 5.14. The number of benzene rings is 2. The number of aromatic hydroxyl groups is 1. The number of hydrogen-bond donors (Lipinski definition) is 3. The molecule has 7 nitrogen and oxygen atoms in total. The van der Waals surface area contributed by atoms with Crippen LogP contribution in [-0.2, 0) is 27.4 Å². The summed E-state index contributed by atoms with van der Waals surface area (Å²) in [6, 6.07) is 13.5. The van der Waals surface area contributed by atoms with Gasteiger partial charge in [-0.3, -0.25) is 4.79 Å². The van der Waals surface area contributed by atoms with E-state index in [1.165, 1.54) is 5.56 Å². The maximum atomic E-state index is 12.2. The molecular weight excluding hydrogens is 448 g/mol. The van der Waals surface area contributed by atoms with E-state index in [0.717, 1.165) is 28.0 Å². The molecule has 174 valence electrons. The third-order valence-corrected chi connectivity index (χ3v) is 7.92. The van der Waals surface area contributed by atoms with Crippen LogP contribution in [0.3, 0.4) is 0 Å². The summed E-state index contributed by atoms with van der Waals surface area (Å²) in [7, 11) is -3.08. The van der Waals surface area contributed by atoms with Crippen molar-refractivity contribution in [1.82, 2.24) is 10.3 Å². The predicted molar refractivity (Wildman–Crippen MR) is 130 cm³/mol. The molecule has 0 amide bonds. The maximum absolute atomic E-state index is 12.2. The van der Waals surface area contributed by atoms with E-state index in [1.807, 2.05) is 24.3 Å². The van der Waals surface area contributed by atoms with Crippen LogP contribution in [0.4, 0.5) is 0 Å². The number of nitrogens with one attached hydrogen (secondary N) is 2. The lowest BCUT2D eigenvalue weighted by Crippen LogP contribution is -2.22. The Morgan fingerprint density at radius 2 is 1.75 bits per heavy atom. The Labute approximate surface area is 192 Å². The van der Waals surface area contributed by atoms with E-state index < -0.39 is 9.84 Å². The van der Waals surface area contributed by atoms with Crippen LogP contribution in [0.1, 0.15) is 24.0 Å². The monoisotopic (exact) mass is 478 g/mol. The molecule has 0 spiro atoms. The summed E-state index contributed by atoms with van der Waals surface area (Å²) in [5, 5.41) is 13.1. The van der Waals surface area contributed by atoms with Gasteiger partial charge in [-0.15, -0.1) is 0 Å². The molecule has 0 saturated heterocycles. The first kappa shape index (κ1) is 24.4. The fourth-order valence-corrected chi connectivity index (χ4v) is 5.70. The molecule has 0 saturated carbocycles. The first-order valence-corrected chi connectivity index (χ1v) is 13.4. The molecule has 0 aliphatic rings. The van der Waals surface area contributed by atoms with Crippen molar-refractivity contribution in [1.29, 1.82) is 0 Å². The van der Waals surface area contributed by atoms with E-state index in [4.69, 9.17) is 4.74 Å². The number of aromatic nitrogens is 1. The van der Waals surface area contributed by atoms with Gasteiger partial charge in [-0.25, -0.2) is 8.42 Å². The molecule has 3 aromatic rings. The molecule has 0 radical (unpaired) electrons. The number of thiazole rings is 1. The van der Waals surface area contributed by atoms with Gasteiger partial charge in [0.05, 0.1) is 22.8 Å². The lowest BCUT2D eigenvalue weighted by Gasteiger charge is -2.08. The molecule has 9 heteroatoms. The summed E-state index contributed by atoms with van der Waals surface area (Å²) in [5.74, 6) is 0.380. The van der Waals surface area contributed by atoms with E-state index in [2.05, 4.69) is 22.4 Å². The third kappa shape index (κ3) is 7.74. The number of H-pyrrole nitrogens is 1. The zero-order valence-electron chi connectivity index (χ0n) is 18.0. The van der Waals surface area contributed by atoms with E-state index in [-0.39, 0.29) is 22.1 Å². The van der Waals surface area contributed by atoms with Crippen molar-refractivity contribution in [3.63, 3.8) is 0 Å². The molecule has 1 aromatic heterocycles.